The first-order valence-corrected chi connectivity index (χ1v) is 6.76. The number of rotatable bonds is 5. The minimum Gasteiger partial charge on any atom is -0.846 e. The Kier molecular flexibility index (Phi) is 11.4. The molecule has 0 aromatic heterocycles. The summed E-state index contributed by atoms with van der Waals surface area (Å²) in [7, 11) is 0. The van der Waals surface area contributed by atoms with Crippen molar-refractivity contribution in [2.45, 2.75) is 40.0 Å². The fourth-order valence-corrected chi connectivity index (χ4v) is 2.30. The van der Waals surface area contributed by atoms with E-state index in [1.807, 2.05) is 13.8 Å². The molecule has 1 aliphatic heterocycles. The van der Waals surface area contributed by atoms with Gasteiger partial charge in [0.25, 0.3) is 5.91 Å². The second kappa shape index (κ2) is 10.7. The van der Waals surface area contributed by atoms with E-state index in [1.54, 1.807) is 6.92 Å². The number of nitrogens with zero attached hydrogens (tertiary/aromatic N) is 1. The van der Waals surface area contributed by atoms with Crippen LogP contribution < -0.4 is 45.7 Å². The molecule has 0 fully saturated rings. The molecule has 9 heteroatoms. The molecule has 0 spiro atoms. The minimum atomic E-state index is -1.15. The van der Waals surface area contributed by atoms with Gasteiger partial charge in [0.15, 0.2) is 0 Å². The molecule has 1 heterocycles. The average Bonchev–Trinajstić information content (AvgIpc) is 2.39. The second-order valence-corrected chi connectivity index (χ2v) is 4.82. The van der Waals surface area contributed by atoms with E-state index in [9.17, 15) is 19.5 Å². The molecule has 0 aliphatic carbocycles. The summed E-state index contributed by atoms with van der Waals surface area (Å²) in [6.07, 6.45) is 2.02. The van der Waals surface area contributed by atoms with Gasteiger partial charge in [-0.2, -0.15) is 0 Å². The van der Waals surface area contributed by atoms with E-state index in [0.29, 0.717) is 6.42 Å². The molecular formula is C13H22N3NaO5. The van der Waals surface area contributed by atoms with Crippen LogP contribution in [0.5, 0.6) is 0 Å². The van der Waals surface area contributed by atoms with Crippen molar-refractivity contribution in [3.63, 3.8) is 0 Å². The molecule has 2 atom stereocenters. The third-order valence-electron chi connectivity index (χ3n) is 3.49. The molecule has 0 aromatic carbocycles. The number of amides is 3. The topological polar surface area (TPSA) is 145 Å². The summed E-state index contributed by atoms with van der Waals surface area (Å²) in [4.78, 5) is 36.4. The van der Waals surface area contributed by atoms with Crippen LogP contribution in [0.4, 0.5) is 0 Å². The van der Waals surface area contributed by atoms with Crippen LogP contribution in [0.1, 0.15) is 40.0 Å². The Morgan fingerprint density at radius 3 is 2.27 bits per heavy atom. The number of hydrogen-bond acceptors (Lipinski definition) is 5. The van der Waals surface area contributed by atoms with Crippen molar-refractivity contribution in [1.82, 2.24) is 5.32 Å². The maximum absolute atomic E-state index is 11.9. The van der Waals surface area contributed by atoms with E-state index in [2.05, 4.69) is 16.0 Å². The number of nitrogens with two attached hydrogens (primary N) is 1. The summed E-state index contributed by atoms with van der Waals surface area (Å²) >= 11 is 0. The van der Waals surface area contributed by atoms with Gasteiger partial charge >= 0.3 is 29.6 Å². The normalized spacial score (nSPS) is 21.5. The number of aliphatic hydroxyl groups excluding tert-OH is 1. The SMILES string of the molecule is CCCC(C)C1(CC)C(=O)N=C([O-])NC1=O.NC(=O)CO.[Na+]. The maximum atomic E-state index is 11.9. The van der Waals surface area contributed by atoms with Gasteiger partial charge in [0.05, 0.1) is 6.02 Å². The first-order valence-electron chi connectivity index (χ1n) is 6.76. The van der Waals surface area contributed by atoms with Gasteiger partial charge in [0.2, 0.25) is 11.8 Å². The average molecular weight is 323 g/mol. The van der Waals surface area contributed by atoms with Crippen LogP contribution in [0.25, 0.3) is 0 Å². The molecular weight excluding hydrogens is 301 g/mol. The van der Waals surface area contributed by atoms with Gasteiger partial charge in [-0.1, -0.05) is 27.2 Å². The molecule has 120 valence electrons. The van der Waals surface area contributed by atoms with Crippen molar-refractivity contribution in [3.05, 3.63) is 0 Å². The number of aliphatic imine (C=N–C) groups is 1. The fraction of sp³-hybridized carbons (Fsp3) is 0.692. The minimum absolute atomic E-state index is 0. The first kappa shape index (κ1) is 23.3. The second-order valence-electron chi connectivity index (χ2n) is 4.82. The Morgan fingerprint density at radius 1 is 1.45 bits per heavy atom. The van der Waals surface area contributed by atoms with Gasteiger partial charge in [-0.05, 0) is 18.8 Å². The molecule has 4 N–H and O–H groups in total. The van der Waals surface area contributed by atoms with Crippen LogP contribution in [0.15, 0.2) is 4.99 Å². The number of carbonyl (C=O) groups is 3. The zero-order valence-corrected chi connectivity index (χ0v) is 15.5. The number of amidine groups is 1. The molecule has 1 aliphatic rings. The smallest absolute Gasteiger partial charge is 0.846 e. The fourth-order valence-electron chi connectivity index (χ4n) is 2.30. The van der Waals surface area contributed by atoms with Crippen LogP contribution in [0, 0.1) is 11.3 Å². The summed E-state index contributed by atoms with van der Waals surface area (Å²) in [5.74, 6) is -1.89. The van der Waals surface area contributed by atoms with Crippen molar-refractivity contribution in [2.75, 3.05) is 6.61 Å². The Balaban J connectivity index is 0. The van der Waals surface area contributed by atoms with E-state index in [4.69, 9.17) is 5.11 Å². The summed E-state index contributed by atoms with van der Waals surface area (Å²) in [5.41, 5.74) is 3.25. The van der Waals surface area contributed by atoms with E-state index >= 15 is 0 Å². The Labute approximate surface area is 151 Å². The molecule has 8 nitrogen and oxygen atoms in total. The van der Waals surface area contributed by atoms with Crippen molar-refractivity contribution >= 4 is 23.7 Å². The van der Waals surface area contributed by atoms with Crippen molar-refractivity contribution < 1.29 is 54.2 Å². The molecule has 0 bridgehead atoms. The van der Waals surface area contributed by atoms with E-state index in [-0.39, 0.29) is 35.5 Å². The van der Waals surface area contributed by atoms with E-state index in [1.165, 1.54) is 0 Å². The first-order chi connectivity index (χ1) is 9.75. The van der Waals surface area contributed by atoms with Crippen LogP contribution in [0.3, 0.4) is 0 Å². The van der Waals surface area contributed by atoms with Crippen LogP contribution >= 0.6 is 0 Å². The summed E-state index contributed by atoms with van der Waals surface area (Å²) in [5, 5.41) is 20.7. The maximum Gasteiger partial charge on any atom is 1.00 e. The number of primary amides is 1. The largest absolute Gasteiger partial charge is 1.00 e. The molecule has 0 saturated heterocycles. The standard InChI is InChI=1S/C11H18N2O3.C2H5NO2.Na/c1-4-6-7(3)11(5-2)8(14)12-10(16)13-9(11)15;3-2(5)1-4;/h7H,4-6H2,1-3H3,(H2,12,13,14,15,16);4H,1H2,(H2,3,5);/q;;+1/p-1. The molecule has 0 radical (unpaired) electrons. The summed E-state index contributed by atoms with van der Waals surface area (Å²) in [6, 6.07) is -0.845. The monoisotopic (exact) mass is 323 g/mol. The molecule has 3 amide bonds. The van der Waals surface area contributed by atoms with Gasteiger partial charge in [-0.3, -0.25) is 14.4 Å². The third-order valence-corrected chi connectivity index (χ3v) is 3.49. The Bertz CT molecular complexity index is 441. The quantitative estimate of drug-likeness (QED) is 0.346. The van der Waals surface area contributed by atoms with Gasteiger partial charge < -0.3 is 21.3 Å². The van der Waals surface area contributed by atoms with E-state index in [0.717, 1.165) is 12.8 Å². The number of nitrogens with one attached hydrogen (secondary N) is 1. The van der Waals surface area contributed by atoms with E-state index < -0.39 is 35.8 Å². The van der Waals surface area contributed by atoms with Gasteiger partial charge in [0, 0.05) is 0 Å². The predicted molar refractivity (Wildman–Crippen MR) is 73.7 cm³/mol. The van der Waals surface area contributed by atoms with Crippen LogP contribution in [-0.4, -0.2) is 35.5 Å². The van der Waals surface area contributed by atoms with Gasteiger partial charge in [0.1, 0.15) is 12.0 Å². The Hall–Kier alpha value is -0.960. The van der Waals surface area contributed by atoms with Crippen LogP contribution in [0.2, 0.25) is 0 Å². The number of carbonyl (C=O) groups excluding carboxylic acids is 3. The number of aliphatic hydroxyl groups is 1. The van der Waals surface area contributed by atoms with Crippen molar-refractivity contribution in [1.29, 1.82) is 0 Å². The van der Waals surface area contributed by atoms with Crippen molar-refractivity contribution in [3.8, 4) is 0 Å². The molecule has 1 rings (SSSR count). The van der Waals surface area contributed by atoms with Crippen LogP contribution in [-0.2, 0) is 14.4 Å². The zero-order chi connectivity index (χ0) is 16.6. The number of hydrogen-bond donors (Lipinski definition) is 3. The van der Waals surface area contributed by atoms with Gasteiger partial charge in [-0.15, -0.1) is 0 Å². The predicted octanol–water partition coefficient (Wildman–Crippen LogP) is -4.34. The molecule has 22 heavy (non-hydrogen) atoms. The molecule has 0 saturated carbocycles. The summed E-state index contributed by atoms with van der Waals surface area (Å²) in [6.45, 7) is 5.07. The Morgan fingerprint density at radius 2 is 1.95 bits per heavy atom. The zero-order valence-electron chi connectivity index (χ0n) is 13.5. The van der Waals surface area contributed by atoms with Gasteiger partial charge in [-0.25, -0.2) is 4.99 Å². The third kappa shape index (κ3) is 5.68. The summed E-state index contributed by atoms with van der Waals surface area (Å²) < 4.78 is 0. The molecule has 0 aromatic rings. The van der Waals surface area contributed by atoms with Crippen molar-refractivity contribution in [2.24, 2.45) is 22.1 Å². The molecule has 2 unspecified atom stereocenters.